The zero-order valence-corrected chi connectivity index (χ0v) is 19.1. The van der Waals surface area contributed by atoms with Crippen molar-refractivity contribution in [1.29, 1.82) is 0 Å². The average Bonchev–Trinajstić information content (AvgIpc) is 2.88. The first-order chi connectivity index (χ1) is 17.8. The van der Waals surface area contributed by atoms with E-state index in [1.807, 2.05) is 6.07 Å². The van der Waals surface area contributed by atoms with E-state index >= 15 is 0 Å². The molecule has 190 valence electrons. The number of aromatic nitrogens is 2. The van der Waals surface area contributed by atoms with Crippen LogP contribution in [0, 0.1) is 0 Å². The number of benzene rings is 2. The van der Waals surface area contributed by atoms with E-state index < -0.39 is 11.9 Å². The first-order valence-electron chi connectivity index (χ1n) is 10.9. The zero-order valence-electron chi connectivity index (χ0n) is 19.1. The Labute approximate surface area is 208 Å². The molecule has 0 unspecified atom stereocenters. The normalized spacial score (nSPS) is 16.4. The highest BCUT2D eigenvalue weighted by atomic mass is 19.4. The molecule has 0 saturated carbocycles. The maximum Gasteiger partial charge on any atom is 0.573 e. The van der Waals surface area contributed by atoms with Crippen molar-refractivity contribution >= 4 is 23.2 Å². The van der Waals surface area contributed by atoms with Crippen LogP contribution in [-0.2, 0) is 10.3 Å². The minimum Gasteiger partial charge on any atom is -0.491 e. The molecule has 1 atom stereocenters. The van der Waals surface area contributed by atoms with Crippen molar-refractivity contribution in [1.82, 2.24) is 15.3 Å². The van der Waals surface area contributed by atoms with Crippen molar-refractivity contribution in [3.63, 3.8) is 0 Å². The van der Waals surface area contributed by atoms with Gasteiger partial charge < -0.3 is 19.9 Å². The van der Waals surface area contributed by atoms with Gasteiger partial charge in [-0.05, 0) is 47.3 Å². The molecule has 37 heavy (non-hydrogen) atoms. The molecule has 11 heteroatoms. The van der Waals surface area contributed by atoms with Gasteiger partial charge in [-0.2, -0.15) is 0 Å². The maximum absolute atomic E-state index is 13.6. The number of alkyl halides is 3. The third-order valence-corrected chi connectivity index (χ3v) is 5.74. The van der Waals surface area contributed by atoms with Crippen LogP contribution in [0.25, 0.3) is 10.8 Å². The lowest BCUT2D eigenvalue weighted by Gasteiger charge is -2.39. The van der Waals surface area contributed by atoms with E-state index in [1.165, 1.54) is 24.3 Å². The van der Waals surface area contributed by atoms with Crippen molar-refractivity contribution in [2.75, 3.05) is 6.61 Å². The van der Waals surface area contributed by atoms with Gasteiger partial charge in [-0.3, -0.25) is 19.6 Å². The Balaban J connectivity index is 0.00000102. The minimum absolute atomic E-state index is 0.250. The van der Waals surface area contributed by atoms with E-state index in [-0.39, 0.29) is 24.7 Å². The van der Waals surface area contributed by atoms with Gasteiger partial charge in [0.15, 0.2) is 0 Å². The molecule has 1 amide bonds. The van der Waals surface area contributed by atoms with Gasteiger partial charge in [0.1, 0.15) is 22.7 Å². The molecule has 0 aliphatic carbocycles. The molecular weight excluding hydrogens is 491 g/mol. The summed E-state index contributed by atoms with van der Waals surface area (Å²) in [4.78, 5) is 30.5. The fraction of sp³-hybridized carbons (Fsp3) is 0.154. The second-order valence-corrected chi connectivity index (χ2v) is 7.89. The van der Waals surface area contributed by atoms with Crippen molar-refractivity contribution in [2.24, 2.45) is 0 Å². The number of fused-ring (bicyclic) bond motifs is 2. The fourth-order valence-electron chi connectivity index (χ4n) is 4.26. The number of carbonyl (C=O) groups is 2. The van der Waals surface area contributed by atoms with Crippen LogP contribution in [0.4, 0.5) is 13.2 Å². The van der Waals surface area contributed by atoms with Crippen LogP contribution in [0.1, 0.15) is 28.0 Å². The van der Waals surface area contributed by atoms with Crippen molar-refractivity contribution < 1.29 is 37.3 Å². The van der Waals surface area contributed by atoms with E-state index in [0.717, 1.165) is 10.8 Å². The molecule has 5 rings (SSSR count). The number of halogens is 3. The molecule has 0 spiro atoms. The first-order valence-corrected chi connectivity index (χ1v) is 10.9. The summed E-state index contributed by atoms with van der Waals surface area (Å²) in [6.07, 6.45) is 0.392. The fourth-order valence-corrected chi connectivity index (χ4v) is 4.26. The van der Waals surface area contributed by atoms with E-state index in [9.17, 15) is 18.0 Å². The number of pyridine rings is 2. The second-order valence-electron chi connectivity index (χ2n) is 7.89. The largest absolute Gasteiger partial charge is 0.573 e. The summed E-state index contributed by atoms with van der Waals surface area (Å²) in [5.41, 5.74) is 0.347. The van der Waals surface area contributed by atoms with Crippen molar-refractivity contribution in [2.45, 2.75) is 18.3 Å². The van der Waals surface area contributed by atoms with Gasteiger partial charge in [-0.25, -0.2) is 0 Å². The van der Waals surface area contributed by atoms with Gasteiger partial charge in [0.2, 0.25) is 0 Å². The van der Waals surface area contributed by atoms with E-state index in [0.29, 0.717) is 29.0 Å². The molecule has 3 heterocycles. The molecule has 0 bridgehead atoms. The van der Waals surface area contributed by atoms with Gasteiger partial charge in [-0.15, -0.1) is 13.2 Å². The monoisotopic (exact) mass is 511 g/mol. The second kappa shape index (κ2) is 10.5. The number of carbonyl (C=O) groups excluding carboxylic acids is 1. The summed E-state index contributed by atoms with van der Waals surface area (Å²) in [5, 5.41) is 11.5. The van der Waals surface area contributed by atoms with Gasteiger partial charge in [0.25, 0.3) is 12.4 Å². The molecule has 8 nitrogen and oxygen atoms in total. The van der Waals surface area contributed by atoms with Gasteiger partial charge in [0, 0.05) is 36.0 Å². The quantitative estimate of drug-likeness (QED) is 0.383. The average molecular weight is 511 g/mol. The number of hydrogen-bond acceptors (Lipinski definition) is 6. The molecule has 1 aliphatic rings. The van der Waals surface area contributed by atoms with E-state index in [4.69, 9.17) is 14.6 Å². The Kier molecular flexibility index (Phi) is 7.23. The third kappa shape index (κ3) is 5.45. The predicted octanol–water partition coefficient (Wildman–Crippen LogP) is 4.69. The highest BCUT2D eigenvalue weighted by Crippen LogP contribution is 2.41. The molecular formula is C26H20F3N3O5. The third-order valence-electron chi connectivity index (χ3n) is 5.74. The molecule has 2 N–H and O–H groups in total. The Morgan fingerprint density at radius 2 is 1.84 bits per heavy atom. The molecule has 2 aromatic carbocycles. The van der Waals surface area contributed by atoms with E-state index in [1.54, 1.807) is 48.9 Å². The van der Waals surface area contributed by atoms with Crippen LogP contribution >= 0.6 is 0 Å². The summed E-state index contributed by atoms with van der Waals surface area (Å²) < 4.78 is 47.7. The highest BCUT2D eigenvalue weighted by molar-refractivity contribution is 6.07. The topological polar surface area (TPSA) is 111 Å². The number of rotatable bonds is 4. The minimum atomic E-state index is -4.80. The Hall–Kier alpha value is -4.67. The Morgan fingerprint density at radius 1 is 1.08 bits per heavy atom. The van der Waals surface area contributed by atoms with Crippen LogP contribution in [0.2, 0.25) is 0 Å². The van der Waals surface area contributed by atoms with E-state index in [2.05, 4.69) is 20.0 Å². The van der Waals surface area contributed by atoms with Crippen molar-refractivity contribution in [3.05, 3.63) is 96.1 Å². The number of hydrogen-bond donors (Lipinski definition) is 2. The summed E-state index contributed by atoms with van der Waals surface area (Å²) in [6, 6.07) is 16.0. The zero-order chi connectivity index (χ0) is 26.5. The van der Waals surface area contributed by atoms with Crippen LogP contribution in [0.3, 0.4) is 0 Å². The predicted molar refractivity (Wildman–Crippen MR) is 126 cm³/mol. The number of amides is 1. The first kappa shape index (κ1) is 25.4. The molecule has 0 fully saturated rings. The van der Waals surface area contributed by atoms with Gasteiger partial charge in [0.05, 0.1) is 6.61 Å². The molecule has 2 aromatic heterocycles. The summed E-state index contributed by atoms with van der Waals surface area (Å²) in [6.45, 7) is 0.0270. The van der Waals surface area contributed by atoms with Gasteiger partial charge in [-0.1, -0.05) is 24.3 Å². The van der Waals surface area contributed by atoms with Crippen LogP contribution in [0.15, 0.2) is 79.3 Å². The number of nitrogens with zero attached hydrogens (tertiary/aromatic N) is 2. The van der Waals surface area contributed by atoms with Crippen LogP contribution in [-0.4, -0.2) is 40.4 Å². The number of carboxylic acid groups (broad SMARTS) is 1. The lowest BCUT2D eigenvalue weighted by molar-refractivity contribution is -0.274. The lowest BCUT2D eigenvalue weighted by atomic mass is 9.81. The standard InChI is InChI=1S/C25H18F3N3O3.CH2O2/c26-25(27,28)34-18-8-6-17(7-9-18)24(11-14-33-21-5-2-12-30-22(21)24)31-23(32)20-4-1-3-16-15-29-13-10-19(16)20;2-1-3/h1-10,12-13,15H,11,14H2,(H,31,32);1H,(H,2,3)/t24-;/m0./s1. The number of nitrogens with one attached hydrogen (secondary N) is 1. The Morgan fingerprint density at radius 3 is 2.57 bits per heavy atom. The SMILES string of the molecule is O=C(N[C@]1(c2ccc(OC(F)(F)F)cc2)CCOc2cccnc21)c1cccc2cnccc12.O=CO. The van der Waals surface area contributed by atoms with Crippen molar-refractivity contribution in [3.8, 4) is 11.5 Å². The molecule has 4 aromatic rings. The van der Waals surface area contributed by atoms with Crippen LogP contribution in [0.5, 0.6) is 11.5 Å². The Bertz CT molecular complexity index is 1410. The highest BCUT2D eigenvalue weighted by Gasteiger charge is 2.43. The molecule has 1 aliphatic heterocycles. The smallest absolute Gasteiger partial charge is 0.491 e. The van der Waals surface area contributed by atoms with Crippen LogP contribution < -0.4 is 14.8 Å². The number of ether oxygens (including phenoxy) is 2. The molecule has 0 saturated heterocycles. The summed E-state index contributed by atoms with van der Waals surface area (Å²) in [7, 11) is 0. The summed E-state index contributed by atoms with van der Waals surface area (Å²) >= 11 is 0. The maximum atomic E-state index is 13.6. The lowest BCUT2D eigenvalue weighted by Crippen LogP contribution is -2.50. The summed E-state index contributed by atoms with van der Waals surface area (Å²) in [5.74, 6) is -0.217. The van der Waals surface area contributed by atoms with Gasteiger partial charge >= 0.3 is 6.36 Å². The molecule has 0 radical (unpaired) electrons.